The molecule has 0 amide bonds. The van der Waals surface area contributed by atoms with Crippen molar-refractivity contribution < 1.29 is 4.74 Å². The van der Waals surface area contributed by atoms with E-state index in [2.05, 4.69) is 22.5 Å². The highest BCUT2D eigenvalue weighted by Crippen LogP contribution is 2.11. The van der Waals surface area contributed by atoms with Crippen LogP contribution in [0.2, 0.25) is 0 Å². The lowest BCUT2D eigenvalue weighted by molar-refractivity contribution is 0.414. The summed E-state index contributed by atoms with van der Waals surface area (Å²) in [5, 5.41) is 7.54. The summed E-state index contributed by atoms with van der Waals surface area (Å²) in [6.45, 7) is 1.82. The molecular formula is C14H20ClN3O. The molecule has 1 N–H and O–H groups in total. The second-order valence-corrected chi connectivity index (χ2v) is 4.30. The van der Waals surface area contributed by atoms with Gasteiger partial charge in [-0.25, -0.2) is 0 Å². The third-order valence-corrected chi connectivity index (χ3v) is 2.84. The van der Waals surface area contributed by atoms with E-state index in [-0.39, 0.29) is 12.4 Å². The van der Waals surface area contributed by atoms with Crippen LogP contribution < -0.4 is 10.1 Å². The molecule has 0 aliphatic rings. The van der Waals surface area contributed by atoms with Gasteiger partial charge in [0.15, 0.2) is 0 Å². The van der Waals surface area contributed by atoms with Crippen molar-refractivity contribution in [3.63, 3.8) is 0 Å². The fourth-order valence-corrected chi connectivity index (χ4v) is 1.82. The fraction of sp³-hybridized carbons (Fsp3) is 0.357. The van der Waals surface area contributed by atoms with E-state index in [1.54, 1.807) is 7.11 Å². The molecule has 2 aromatic rings. The van der Waals surface area contributed by atoms with Crippen molar-refractivity contribution in [2.45, 2.75) is 13.0 Å². The van der Waals surface area contributed by atoms with Crippen molar-refractivity contribution in [1.29, 1.82) is 0 Å². The number of aryl methyl sites for hydroxylation is 1. The van der Waals surface area contributed by atoms with Crippen LogP contribution in [0.3, 0.4) is 0 Å². The Kier molecular flexibility index (Phi) is 6.39. The number of nitrogens with one attached hydrogen (secondary N) is 1. The Labute approximate surface area is 120 Å². The summed E-state index contributed by atoms with van der Waals surface area (Å²) in [5.41, 5.74) is 2.53. The molecule has 0 spiro atoms. The van der Waals surface area contributed by atoms with Crippen molar-refractivity contribution in [2.75, 3.05) is 13.7 Å². The molecule has 4 nitrogen and oxygen atoms in total. The smallest absolute Gasteiger partial charge is 0.118 e. The van der Waals surface area contributed by atoms with Gasteiger partial charge >= 0.3 is 0 Å². The maximum Gasteiger partial charge on any atom is 0.118 e. The summed E-state index contributed by atoms with van der Waals surface area (Å²) in [4.78, 5) is 0. The van der Waals surface area contributed by atoms with Crippen LogP contribution in [0.4, 0.5) is 0 Å². The molecule has 0 aliphatic heterocycles. The van der Waals surface area contributed by atoms with E-state index in [1.807, 2.05) is 36.3 Å². The second-order valence-electron chi connectivity index (χ2n) is 4.30. The minimum absolute atomic E-state index is 0. The molecule has 0 unspecified atom stereocenters. The number of aromatic nitrogens is 2. The summed E-state index contributed by atoms with van der Waals surface area (Å²) < 4.78 is 6.95. The molecule has 5 heteroatoms. The standard InChI is InChI=1S/C14H19N3O.ClH/c1-17-11-13(10-16-17)9-15-8-7-12-3-5-14(18-2)6-4-12;/h3-6,10-11,15H,7-9H2,1-2H3;1H. The maximum atomic E-state index is 5.13. The zero-order chi connectivity index (χ0) is 12.8. The molecule has 0 radical (unpaired) electrons. The predicted octanol–water partition coefficient (Wildman–Crippen LogP) is 2.18. The van der Waals surface area contributed by atoms with Gasteiger partial charge in [-0.1, -0.05) is 12.1 Å². The number of hydrogen-bond acceptors (Lipinski definition) is 3. The van der Waals surface area contributed by atoms with Gasteiger partial charge in [0.25, 0.3) is 0 Å². The lowest BCUT2D eigenvalue weighted by Crippen LogP contribution is -2.16. The third kappa shape index (κ3) is 4.93. The Morgan fingerprint density at radius 3 is 2.53 bits per heavy atom. The minimum atomic E-state index is 0. The Balaban J connectivity index is 0.00000180. The van der Waals surface area contributed by atoms with Gasteiger partial charge in [-0.05, 0) is 30.7 Å². The molecule has 104 valence electrons. The molecule has 0 saturated heterocycles. The van der Waals surface area contributed by atoms with E-state index >= 15 is 0 Å². The molecule has 1 aromatic carbocycles. The normalized spacial score (nSPS) is 10.0. The van der Waals surface area contributed by atoms with Gasteiger partial charge in [0, 0.05) is 25.4 Å². The quantitative estimate of drug-likeness (QED) is 0.825. The van der Waals surface area contributed by atoms with Gasteiger partial charge in [0.05, 0.1) is 13.3 Å². The molecule has 19 heavy (non-hydrogen) atoms. The highest BCUT2D eigenvalue weighted by molar-refractivity contribution is 5.85. The van der Waals surface area contributed by atoms with E-state index in [4.69, 9.17) is 4.74 Å². The first-order valence-electron chi connectivity index (χ1n) is 6.09. The van der Waals surface area contributed by atoms with Crippen LogP contribution in [0, 0.1) is 0 Å². The number of rotatable bonds is 6. The van der Waals surface area contributed by atoms with Gasteiger partial charge in [0.1, 0.15) is 5.75 Å². The predicted molar refractivity (Wildman–Crippen MR) is 78.9 cm³/mol. The summed E-state index contributed by atoms with van der Waals surface area (Å²) in [7, 11) is 3.62. The van der Waals surface area contributed by atoms with Gasteiger partial charge in [0.2, 0.25) is 0 Å². The number of benzene rings is 1. The Morgan fingerprint density at radius 2 is 1.95 bits per heavy atom. The molecule has 0 saturated carbocycles. The van der Waals surface area contributed by atoms with Gasteiger partial charge in [-0.3, -0.25) is 4.68 Å². The van der Waals surface area contributed by atoms with Crippen LogP contribution in [-0.2, 0) is 20.0 Å². The largest absolute Gasteiger partial charge is 0.497 e. The van der Waals surface area contributed by atoms with Crippen LogP contribution in [0.25, 0.3) is 0 Å². The average Bonchev–Trinajstić information content (AvgIpc) is 2.81. The highest BCUT2D eigenvalue weighted by Gasteiger charge is 1.97. The Hall–Kier alpha value is -1.52. The molecular weight excluding hydrogens is 262 g/mol. The van der Waals surface area contributed by atoms with E-state index in [0.29, 0.717) is 0 Å². The topological polar surface area (TPSA) is 39.1 Å². The van der Waals surface area contributed by atoms with Crippen LogP contribution in [0.15, 0.2) is 36.7 Å². The van der Waals surface area contributed by atoms with Gasteiger partial charge in [-0.15, -0.1) is 12.4 Å². The Morgan fingerprint density at radius 1 is 1.21 bits per heavy atom. The molecule has 1 heterocycles. The first kappa shape index (κ1) is 15.5. The number of ether oxygens (including phenoxy) is 1. The summed E-state index contributed by atoms with van der Waals surface area (Å²) >= 11 is 0. The highest BCUT2D eigenvalue weighted by atomic mass is 35.5. The molecule has 0 fully saturated rings. The molecule has 0 bridgehead atoms. The maximum absolute atomic E-state index is 5.13. The van der Waals surface area contributed by atoms with Crippen LogP contribution in [0.5, 0.6) is 5.75 Å². The van der Waals surface area contributed by atoms with Crippen LogP contribution in [-0.4, -0.2) is 23.4 Å². The SMILES string of the molecule is COc1ccc(CCNCc2cnn(C)c2)cc1.Cl. The van der Waals surface area contributed by atoms with Crippen molar-refractivity contribution in [2.24, 2.45) is 7.05 Å². The number of halogens is 1. The van der Waals surface area contributed by atoms with Gasteiger partial charge < -0.3 is 10.1 Å². The zero-order valence-corrected chi connectivity index (χ0v) is 12.1. The van der Waals surface area contributed by atoms with Crippen molar-refractivity contribution in [3.8, 4) is 5.75 Å². The molecule has 0 aliphatic carbocycles. The zero-order valence-electron chi connectivity index (χ0n) is 11.3. The van der Waals surface area contributed by atoms with E-state index in [1.165, 1.54) is 11.1 Å². The molecule has 2 rings (SSSR count). The first-order chi connectivity index (χ1) is 8.78. The summed E-state index contributed by atoms with van der Waals surface area (Å²) in [6.07, 6.45) is 4.94. The van der Waals surface area contributed by atoms with Crippen molar-refractivity contribution >= 4 is 12.4 Å². The average molecular weight is 282 g/mol. The Bertz CT molecular complexity index is 482. The van der Waals surface area contributed by atoms with Crippen molar-refractivity contribution in [3.05, 3.63) is 47.8 Å². The van der Waals surface area contributed by atoms with E-state index in [9.17, 15) is 0 Å². The molecule has 0 atom stereocenters. The minimum Gasteiger partial charge on any atom is -0.497 e. The van der Waals surface area contributed by atoms with Crippen molar-refractivity contribution in [1.82, 2.24) is 15.1 Å². The van der Waals surface area contributed by atoms with Gasteiger partial charge in [-0.2, -0.15) is 5.10 Å². The fourth-order valence-electron chi connectivity index (χ4n) is 1.82. The lowest BCUT2D eigenvalue weighted by atomic mass is 10.1. The molecule has 1 aromatic heterocycles. The second kappa shape index (κ2) is 7.81. The lowest BCUT2D eigenvalue weighted by Gasteiger charge is -2.04. The third-order valence-electron chi connectivity index (χ3n) is 2.84. The number of hydrogen-bond donors (Lipinski definition) is 1. The van der Waals surface area contributed by atoms with Crippen LogP contribution >= 0.6 is 12.4 Å². The number of methoxy groups -OCH3 is 1. The monoisotopic (exact) mass is 281 g/mol. The van der Waals surface area contributed by atoms with E-state index < -0.39 is 0 Å². The van der Waals surface area contributed by atoms with Crippen LogP contribution in [0.1, 0.15) is 11.1 Å². The summed E-state index contributed by atoms with van der Waals surface area (Å²) in [6, 6.07) is 8.20. The summed E-state index contributed by atoms with van der Waals surface area (Å²) in [5.74, 6) is 0.905. The number of nitrogens with zero attached hydrogens (tertiary/aromatic N) is 2. The first-order valence-corrected chi connectivity index (χ1v) is 6.09. The van der Waals surface area contributed by atoms with E-state index in [0.717, 1.165) is 25.3 Å².